The van der Waals surface area contributed by atoms with Gasteiger partial charge in [0.05, 0.1) is 6.61 Å². The molecule has 0 unspecified atom stereocenters. The Labute approximate surface area is 105 Å². The molecule has 2 rings (SSSR count). The largest absolute Gasteiger partial charge is 0.710 e. The van der Waals surface area contributed by atoms with E-state index in [0.29, 0.717) is 0 Å². The molecule has 2 aromatic carbocycles. The smallest absolute Gasteiger partial charge is 0.512 e. The van der Waals surface area contributed by atoms with E-state index in [4.69, 9.17) is 9.31 Å². The molecule has 3 nitrogen and oxygen atoms in total. The average molecular weight is 246 g/mol. The number of rotatable bonds is 5. The van der Waals surface area contributed by atoms with E-state index in [0.717, 1.165) is 5.56 Å². The Hall–Kier alpha value is -1.85. The van der Waals surface area contributed by atoms with Gasteiger partial charge in [0.1, 0.15) is 11.6 Å². The van der Waals surface area contributed by atoms with E-state index in [1.165, 1.54) is 24.3 Å². The van der Waals surface area contributed by atoms with Gasteiger partial charge in [-0.05, 0) is 17.7 Å². The number of hydrogen-bond donors (Lipinski definition) is 1. The molecule has 0 aromatic heterocycles. The maximum Gasteiger partial charge on any atom is 0.710 e. The molecule has 0 aliphatic carbocycles. The number of halogens is 1. The Morgan fingerprint density at radius 3 is 2.56 bits per heavy atom. The first kappa shape index (κ1) is 12.6. The van der Waals surface area contributed by atoms with Gasteiger partial charge in [0.15, 0.2) is 0 Å². The molecule has 0 aliphatic rings. The van der Waals surface area contributed by atoms with Gasteiger partial charge in [-0.2, -0.15) is 0 Å². The van der Waals surface area contributed by atoms with E-state index >= 15 is 0 Å². The van der Waals surface area contributed by atoms with Gasteiger partial charge in [-0.25, -0.2) is 4.39 Å². The van der Waals surface area contributed by atoms with Crippen LogP contribution in [0.2, 0.25) is 0 Å². The molecule has 0 heterocycles. The summed E-state index contributed by atoms with van der Waals surface area (Å²) >= 11 is 0. The zero-order chi connectivity index (χ0) is 12.8. The Kier molecular flexibility index (Phi) is 4.33. The molecule has 0 amide bonds. The summed E-state index contributed by atoms with van der Waals surface area (Å²) in [4.78, 5) is 0. The van der Waals surface area contributed by atoms with Crippen molar-refractivity contribution in [2.24, 2.45) is 0 Å². The summed E-state index contributed by atoms with van der Waals surface area (Å²) in [7, 11) is -1.42. The fraction of sp³-hybridized carbons (Fsp3) is 0.0769. The molecule has 0 spiro atoms. The van der Waals surface area contributed by atoms with Crippen LogP contribution < -0.4 is 4.65 Å². The predicted molar refractivity (Wildman–Crippen MR) is 66.2 cm³/mol. The lowest BCUT2D eigenvalue weighted by Gasteiger charge is -2.09. The summed E-state index contributed by atoms with van der Waals surface area (Å²) in [6.45, 7) is 0.220. The van der Waals surface area contributed by atoms with Crippen LogP contribution in [0.25, 0.3) is 0 Å². The normalized spacial score (nSPS) is 10.1. The molecular weight excluding hydrogens is 234 g/mol. The van der Waals surface area contributed by atoms with E-state index in [2.05, 4.69) is 0 Å². The Balaban J connectivity index is 1.84. The van der Waals surface area contributed by atoms with Gasteiger partial charge < -0.3 is 14.3 Å². The zero-order valence-corrected chi connectivity index (χ0v) is 9.62. The van der Waals surface area contributed by atoms with Crippen LogP contribution in [0, 0.1) is 5.82 Å². The van der Waals surface area contributed by atoms with Gasteiger partial charge in [-0.1, -0.05) is 36.4 Å². The van der Waals surface area contributed by atoms with Crippen LogP contribution >= 0.6 is 0 Å². The lowest BCUT2D eigenvalue weighted by molar-refractivity contribution is 0.184. The van der Waals surface area contributed by atoms with Gasteiger partial charge in [-0.3, -0.25) is 0 Å². The van der Waals surface area contributed by atoms with E-state index < -0.39 is 13.1 Å². The molecular formula is C13H12BFO3. The molecule has 2 aromatic rings. The van der Waals surface area contributed by atoms with Gasteiger partial charge in [0.25, 0.3) is 0 Å². The van der Waals surface area contributed by atoms with E-state index in [9.17, 15) is 9.41 Å². The van der Waals surface area contributed by atoms with Crippen molar-refractivity contribution in [3.05, 3.63) is 66.0 Å². The summed E-state index contributed by atoms with van der Waals surface area (Å²) < 4.78 is 23.0. The molecule has 0 saturated heterocycles. The first-order valence-electron chi connectivity index (χ1n) is 5.50. The highest BCUT2D eigenvalue weighted by molar-refractivity contribution is 6.35. The maximum absolute atomic E-state index is 12.9. The monoisotopic (exact) mass is 246 g/mol. The predicted octanol–water partition coefficient (Wildman–Crippen LogP) is 2.40. The Morgan fingerprint density at radius 2 is 1.83 bits per heavy atom. The van der Waals surface area contributed by atoms with Crippen molar-refractivity contribution in [1.82, 2.24) is 0 Å². The highest BCUT2D eigenvalue weighted by Crippen LogP contribution is 2.13. The van der Waals surface area contributed by atoms with E-state index in [1.54, 1.807) is 0 Å². The summed E-state index contributed by atoms with van der Waals surface area (Å²) in [5.74, 6) is -0.210. The summed E-state index contributed by atoms with van der Waals surface area (Å²) in [6.07, 6.45) is 0. The molecule has 0 aliphatic heterocycles. The van der Waals surface area contributed by atoms with Crippen molar-refractivity contribution in [2.75, 3.05) is 0 Å². The van der Waals surface area contributed by atoms with Crippen molar-refractivity contribution in [1.29, 1.82) is 0 Å². The molecule has 0 fully saturated rings. The highest BCUT2D eigenvalue weighted by atomic mass is 19.1. The van der Waals surface area contributed by atoms with E-state index in [-0.39, 0.29) is 12.4 Å². The maximum atomic E-state index is 12.9. The minimum absolute atomic E-state index is 0.218. The van der Waals surface area contributed by atoms with Crippen LogP contribution in [0.1, 0.15) is 5.56 Å². The SMILES string of the molecule is OB(OCc1ccccc1)Oc1cccc(F)c1. The fourth-order valence-corrected chi connectivity index (χ4v) is 1.43. The van der Waals surface area contributed by atoms with Crippen LogP contribution in [-0.2, 0) is 11.3 Å². The number of hydrogen-bond acceptors (Lipinski definition) is 3. The second kappa shape index (κ2) is 6.19. The van der Waals surface area contributed by atoms with Crippen molar-refractivity contribution >= 4 is 7.32 Å². The molecule has 0 saturated carbocycles. The average Bonchev–Trinajstić information content (AvgIpc) is 2.38. The van der Waals surface area contributed by atoms with Gasteiger partial charge in [-0.15, -0.1) is 0 Å². The first-order valence-corrected chi connectivity index (χ1v) is 5.50. The van der Waals surface area contributed by atoms with Crippen molar-refractivity contribution in [3.8, 4) is 5.75 Å². The van der Waals surface area contributed by atoms with Crippen LogP contribution in [-0.4, -0.2) is 12.3 Å². The van der Waals surface area contributed by atoms with Crippen LogP contribution in [0.3, 0.4) is 0 Å². The summed E-state index contributed by atoms with van der Waals surface area (Å²) in [5.41, 5.74) is 0.916. The lowest BCUT2D eigenvalue weighted by Crippen LogP contribution is -2.25. The van der Waals surface area contributed by atoms with Gasteiger partial charge in [0, 0.05) is 6.07 Å². The van der Waals surface area contributed by atoms with Crippen molar-refractivity contribution < 1.29 is 18.7 Å². The molecule has 0 atom stereocenters. The summed E-state index contributed by atoms with van der Waals surface area (Å²) in [6, 6.07) is 14.9. The molecule has 0 bridgehead atoms. The second-order valence-electron chi connectivity index (χ2n) is 3.68. The zero-order valence-electron chi connectivity index (χ0n) is 9.62. The lowest BCUT2D eigenvalue weighted by atomic mass is 10.2. The third-order valence-corrected chi connectivity index (χ3v) is 2.27. The third-order valence-electron chi connectivity index (χ3n) is 2.27. The van der Waals surface area contributed by atoms with Crippen LogP contribution in [0.5, 0.6) is 5.75 Å². The van der Waals surface area contributed by atoms with Crippen LogP contribution in [0.15, 0.2) is 54.6 Å². The molecule has 18 heavy (non-hydrogen) atoms. The highest BCUT2D eigenvalue weighted by Gasteiger charge is 2.18. The van der Waals surface area contributed by atoms with Gasteiger partial charge in [0.2, 0.25) is 0 Å². The molecule has 92 valence electrons. The topological polar surface area (TPSA) is 38.7 Å². The molecule has 0 radical (unpaired) electrons. The van der Waals surface area contributed by atoms with Crippen molar-refractivity contribution in [3.63, 3.8) is 0 Å². The fourth-order valence-electron chi connectivity index (χ4n) is 1.43. The minimum Gasteiger partial charge on any atom is -0.512 e. The molecule has 1 N–H and O–H groups in total. The second-order valence-corrected chi connectivity index (χ2v) is 3.68. The standard InChI is InChI=1S/C13H12BFO3/c15-12-7-4-8-13(9-12)18-14(16)17-10-11-5-2-1-3-6-11/h1-9,16H,10H2. The Morgan fingerprint density at radius 1 is 1.06 bits per heavy atom. The van der Waals surface area contributed by atoms with E-state index in [1.807, 2.05) is 30.3 Å². The first-order chi connectivity index (χ1) is 8.74. The Bertz CT molecular complexity index is 493. The number of benzene rings is 2. The third kappa shape index (κ3) is 3.87. The molecule has 5 heteroatoms. The van der Waals surface area contributed by atoms with Gasteiger partial charge >= 0.3 is 7.32 Å². The van der Waals surface area contributed by atoms with Crippen LogP contribution in [0.4, 0.5) is 4.39 Å². The van der Waals surface area contributed by atoms with Crippen molar-refractivity contribution in [2.45, 2.75) is 6.61 Å². The summed E-state index contributed by atoms with van der Waals surface area (Å²) in [5, 5.41) is 9.49. The quantitative estimate of drug-likeness (QED) is 0.823. The minimum atomic E-state index is -1.42.